The Bertz CT molecular complexity index is 874. The SMILES string of the molecule is COc1c2c(cc3c1-c1c(cc4c(c1OC)OCO4)C[C@@H](C)[C@H](C)C3)OCO2. The fourth-order valence-electron chi connectivity index (χ4n) is 4.48. The predicted octanol–water partition coefficient (Wildman–Crippen LogP) is 4.20. The molecule has 6 nitrogen and oxygen atoms in total. The number of methoxy groups -OCH3 is 2. The fraction of sp³-hybridized carbons (Fsp3) is 0.455. The van der Waals surface area contributed by atoms with Crippen LogP contribution in [0.25, 0.3) is 11.1 Å². The molecule has 5 rings (SSSR count). The highest BCUT2D eigenvalue weighted by Crippen LogP contribution is 2.57. The summed E-state index contributed by atoms with van der Waals surface area (Å²) in [6.45, 7) is 4.98. The van der Waals surface area contributed by atoms with Crippen LogP contribution in [0.1, 0.15) is 25.0 Å². The van der Waals surface area contributed by atoms with Gasteiger partial charge in [-0.1, -0.05) is 13.8 Å². The van der Waals surface area contributed by atoms with Gasteiger partial charge < -0.3 is 28.4 Å². The first-order valence-corrected chi connectivity index (χ1v) is 9.61. The lowest BCUT2D eigenvalue weighted by molar-refractivity contribution is 0.171. The topological polar surface area (TPSA) is 55.4 Å². The molecule has 2 aromatic carbocycles. The summed E-state index contributed by atoms with van der Waals surface area (Å²) in [5, 5.41) is 0. The molecule has 0 saturated heterocycles. The highest BCUT2D eigenvalue weighted by Gasteiger charge is 2.35. The van der Waals surface area contributed by atoms with Gasteiger partial charge in [0.25, 0.3) is 0 Å². The molecular weight excluding hydrogens is 360 g/mol. The third-order valence-corrected chi connectivity index (χ3v) is 6.12. The Morgan fingerprint density at radius 2 is 1.14 bits per heavy atom. The van der Waals surface area contributed by atoms with E-state index in [4.69, 9.17) is 28.4 Å². The number of fused-ring (bicyclic) bond motifs is 5. The summed E-state index contributed by atoms with van der Waals surface area (Å²) < 4.78 is 34.6. The Hall–Kier alpha value is -2.76. The van der Waals surface area contributed by atoms with Crippen LogP contribution in [0.15, 0.2) is 12.1 Å². The van der Waals surface area contributed by atoms with Gasteiger partial charge >= 0.3 is 0 Å². The second-order valence-corrected chi connectivity index (χ2v) is 7.72. The van der Waals surface area contributed by atoms with Gasteiger partial charge in [-0.05, 0) is 47.9 Å². The van der Waals surface area contributed by atoms with Gasteiger partial charge in [0.2, 0.25) is 25.1 Å². The van der Waals surface area contributed by atoms with Crippen LogP contribution in [0.4, 0.5) is 0 Å². The number of rotatable bonds is 2. The molecule has 0 amide bonds. The van der Waals surface area contributed by atoms with E-state index in [1.165, 1.54) is 11.1 Å². The van der Waals surface area contributed by atoms with Crippen molar-refractivity contribution >= 4 is 0 Å². The Labute approximate surface area is 164 Å². The standard InChI is InChI=1S/C22H24O6/c1-11-5-13-7-15-19(27-9-25-15)21(23-3)17(13)18-14(6-12(11)2)8-16-20(22(18)24-4)28-10-26-16/h7-8,11-12H,5-6,9-10H2,1-4H3/t11-,12-/m1/s1. The summed E-state index contributed by atoms with van der Waals surface area (Å²) in [5.74, 6) is 5.12. The average Bonchev–Trinajstić information content (AvgIpc) is 3.34. The van der Waals surface area contributed by atoms with E-state index in [0.717, 1.165) is 35.5 Å². The minimum absolute atomic E-state index is 0.200. The Kier molecular flexibility index (Phi) is 3.96. The molecule has 28 heavy (non-hydrogen) atoms. The Morgan fingerprint density at radius 1 is 0.714 bits per heavy atom. The lowest BCUT2D eigenvalue weighted by atomic mass is 9.77. The van der Waals surface area contributed by atoms with E-state index in [-0.39, 0.29) is 13.6 Å². The zero-order chi connectivity index (χ0) is 19.4. The maximum absolute atomic E-state index is 5.86. The van der Waals surface area contributed by atoms with Crippen LogP contribution in [-0.2, 0) is 12.8 Å². The highest BCUT2D eigenvalue weighted by molar-refractivity contribution is 5.88. The lowest BCUT2D eigenvalue weighted by Gasteiger charge is -2.29. The zero-order valence-corrected chi connectivity index (χ0v) is 16.6. The summed E-state index contributed by atoms with van der Waals surface area (Å²) in [6.07, 6.45) is 1.83. The van der Waals surface area contributed by atoms with Gasteiger partial charge in [0.05, 0.1) is 14.2 Å². The normalized spacial score (nSPS) is 21.4. The van der Waals surface area contributed by atoms with Crippen molar-refractivity contribution < 1.29 is 28.4 Å². The molecule has 2 aromatic rings. The largest absolute Gasteiger partial charge is 0.492 e. The maximum Gasteiger partial charge on any atom is 0.231 e. The van der Waals surface area contributed by atoms with E-state index in [1.807, 2.05) is 0 Å². The summed E-state index contributed by atoms with van der Waals surface area (Å²) in [4.78, 5) is 0. The first kappa shape index (κ1) is 17.3. The smallest absolute Gasteiger partial charge is 0.231 e. The monoisotopic (exact) mass is 384 g/mol. The van der Waals surface area contributed by atoms with Crippen molar-refractivity contribution in [3.05, 3.63) is 23.3 Å². The van der Waals surface area contributed by atoms with E-state index in [1.54, 1.807) is 14.2 Å². The van der Waals surface area contributed by atoms with Crippen LogP contribution in [0.5, 0.6) is 34.5 Å². The summed E-state index contributed by atoms with van der Waals surface area (Å²) in [7, 11) is 3.34. The molecule has 148 valence electrons. The van der Waals surface area contributed by atoms with Gasteiger partial charge in [0.15, 0.2) is 23.0 Å². The second kappa shape index (κ2) is 6.40. The molecule has 0 N–H and O–H groups in total. The number of benzene rings is 2. The number of hydrogen-bond acceptors (Lipinski definition) is 6. The number of ether oxygens (including phenoxy) is 6. The van der Waals surface area contributed by atoms with Crippen LogP contribution < -0.4 is 28.4 Å². The Balaban J connectivity index is 1.87. The van der Waals surface area contributed by atoms with E-state index < -0.39 is 0 Å². The van der Waals surface area contributed by atoms with Crippen molar-refractivity contribution in [1.29, 1.82) is 0 Å². The molecule has 0 saturated carbocycles. The molecule has 1 aliphatic carbocycles. The highest BCUT2D eigenvalue weighted by atomic mass is 16.7. The maximum atomic E-state index is 5.86. The molecule has 3 aliphatic rings. The summed E-state index contributed by atoms with van der Waals surface area (Å²) in [6, 6.07) is 4.17. The van der Waals surface area contributed by atoms with Crippen LogP contribution in [0, 0.1) is 11.8 Å². The second-order valence-electron chi connectivity index (χ2n) is 7.72. The van der Waals surface area contributed by atoms with Gasteiger partial charge in [-0.2, -0.15) is 0 Å². The van der Waals surface area contributed by atoms with Crippen LogP contribution in [0.3, 0.4) is 0 Å². The van der Waals surface area contributed by atoms with Gasteiger partial charge in [0, 0.05) is 11.1 Å². The van der Waals surface area contributed by atoms with Crippen molar-refractivity contribution in [2.24, 2.45) is 11.8 Å². The number of hydrogen-bond donors (Lipinski definition) is 0. The molecule has 0 spiro atoms. The molecule has 6 heteroatoms. The third-order valence-electron chi connectivity index (χ3n) is 6.12. The molecule has 0 fully saturated rings. The fourth-order valence-corrected chi connectivity index (χ4v) is 4.48. The average molecular weight is 384 g/mol. The molecule has 0 aromatic heterocycles. The molecular formula is C22H24O6. The van der Waals surface area contributed by atoms with Gasteiger partial charge in [-0.25, -0.2) is 0 Å². The van der Waals surface area contributed by atoms with Crippen molar-refractivity contribution in [2.45, 2.75) is 26.7 Å². The molecule has 0 radical (unpaired) electrons. The molecule has 0 unspecified atom stereocenters. The van der Waals surface area contributed by atoms with Crippen molar-refractivity contribution in [1.82, 2.24) is 0 Å². The van der Waals surface area contributed by atoms with Crippen molar-refractivity contribution in [2.75, 3.05) is 27.8 Å². The molecule has 2 aliphatic heterocycles. The van der Waals surface area contributed by atoms with Gasteiger partial charge in [-0.3, -0.25) is 0 Å². The van der Waals surface area contributed by atoms with Crippen molar-refractivity contribution in [3.8, 4) is 45.6 Å². The van der Waals surface area contributed by atoms with Gasteiger partial charge in [-0.15, -0.1) is 0 Å². The Morgan fingerprint density at radius 3 is 1.54 bits per heavy atom. The quantitative estimate of drug-likeness (QED) is 0.774. The summed E-state index contributed by atoms with van der Waals surface area (Å²) >= 11 is 0. The van der Waals surface area contributed by atoms with E-state index in [9.17, 15) is 0 Å². The molecule has 0 bridgehead atoms. The predicted molar refractivity (Wildman–Crippen MR) is 103 cm³/mol. The first-order chi connectivity index (χ1) is 13.6. The molecule has 2 heterocycles. The van der Waals surface area contributed by atoms with Crippen LogP contribution in [0.2, 0.25) is 0 Å². The lowest BCUT2D eigenvalue weighted by Crippen LogP contribution is -2.18. The van der Waals surface area contributed by atoms with Crippen LogP contribution in [-0.4, -0.2) is 27.8 Å². The van der Waals surface area contributed by atoms with Crippen molar-refractivity contribution in [3.63, 3.8) is 0 Å². The first-order valence-electron chi connectivity index (χ1n) is 9.61. The minimum Gasteiger partial charge on any atom is -0.492 e. The van der Waals surface area contributed by atoms with E-state index in [2.05, 4.69) is 26.0 Å². The molecule has 2 atom stereocenters. The van der Waals surface area contributed by atoms with E-state index in [0.29, 0.717) is 34.8 Å². The minimum atomic E-state index is 0.200. The van der Waals surface area contributed by atoms with Gasteiger partial charge in [0.1, 0.15) is 0 Å². The summed E-state index contributed by atoms with van der Waals surface area (Å²) in [5.41, 5.74) is 4.32. The van der Waals surface area contributed by atoms with E-state index >= 15 is 0 Å². The zero-order valence-electron chi connectivity index (χ0n) is 16.6. The van der Waals surface area contributed by atoms with Crippen LogP contribution >= 0.6 is 0 Å². The third kappa shape index (κ3) is 2.40.